The van der Waals surface area contributed by atoms with Crippen molar-refractivity contribution >= 4 is 17.5 Å². The van der Waals surface area contributed by atoms with Crippen LogP contribution in [-0.2, 0) is 0 Å². The molecule has 1 atom stereocenters. The molecule has 2 heterocycles. The Balaban J connectivity index is 2.38. The fraction of sp³-hybridized carbons (Fsp3) is 0.182. The Kier molecular flexibility index (Phi) is 3.12. The normalized spacial score (nSPS) is 20.4. The molecule has 1 unspecified atom stereocenters. The smallest absolute Gasteiger partial charge is 0.115 e. The molecular formula is C11H11ClN2O2. The van der Waals surface area contributed by atoms with Crippen molar-refractivity contribution in [1.82, 2.24) is 9.40 Å². The maximum atomic E-state index is 9.52. The predicted molar refractivity (Wildman–Crippen MR) is 61.5 cm³/mol. The molecule has 0 radical (unpaired) electrons. The topological polar surface area (TPSA) is 56.6 Å². The van der Waals surface area contributed by atoms with Crippen LogP contribution in [0.3, 0.4) is 0 Å². The number of hydrogen-bond acceptors (Lipinski definition) is 4. The highest BCUT2D eigenvalue weighted by Crippen LogP contribution is 2.27. The van der Waals surface area contributed by atoms with E-state index in [0.29, 0.717) is 11.4 Å². The Morgan fingerprint density at radius 2 is 2.25 bits per heavy atom. The largest absolute Gasteiger partial charge is 0.508 e. The Labute approximate surface area is 98.2 Å². The van der Waals surface area contributed by atoms with Crippen LogP contribution < -0.4 is 0 Å². The summed E-state index contributed by atoms with van der Waals surface area (Å²) in [6.07, 6.45) is 4.64. The molecular weight excluding hydrogens is 228 g/mol. The van der Waals surface area contributed by atoms with Gasteiger partial charge in [-0.2, -0.15) is 0 Å². The fourth-order valence-corrected chi connectivity index (χ4v) is 1.77. The van der Waals surface area contributed by atoms with Gasteiger partial charge in [0.1, 0.15) is 5.76 Å². The summed E-state index contributed by atoms with van der Waals surface area (Å²) in [5.74, 6) is 0.0802. The number of rotatable bonds is 2. The highest BCUT2D eigenvalue weighted by molar-refractivity contribution is 6.18. The summed E-state index contributed by atoms with van der Waals surface area (Å²) in [6.45, 7) is -0.169. The predicted octanol–water partition coefficient (Wildman–Crippen LogP) is 1.69. The number of allylic oxidation sites excluding steroid dienone is 1. The average molecular weight is 239 g/mol. The molecule has 0 saturated carbocycles. The van der Waals surface area contributed by atoms with Crippen molar-refractivity contribution in [3.8, 4) is 0 Å². The molecule has 0 amide bonds. The van der Waals surface area contributed by atoms with Gasteiger partial charge in [-0.15, -0.1) is 0 Å². The Hall–Kier alpha value is -1.52. The fourth-order valence-electron chi connectivity index (χ4n) is 1.51. The third kappa shape index (κ3) is 2.03. The number of pyridine rings is 1. The molecule has 1 aliphatic rings. The number of aromatic nitrogens is 1. The van der Waals surface area contributed by atoms with E-state index in [0.717, 1.165) is 0 Å². The molecule has 5 heteroatoms. The summed E-state index contributed by atoms with van der Waals surface area (Å²) in [7, 11) is 0. The summed E-state index contributed by atoms with van der Waals surface area (Å²) in [6, 6.07) is 4.97. The van der Waals surface area contributed by atoms with Gasteiger partial charge in [-0.3, -0.25) is 9.40 Å². The lowest BCUT2D eigenvalue weighted by Gasteiger charge is -2.28. The van der Waals surface area contributed by atoms with E-state index < -0.39 is 6.04 Å². The first-order valence-corrected chi connectivity index (χ1v) is 5.16. The second-order valence-electron chi connectivity index (χ2n) is 3.40. The lowest BCUT2D eigenvalue weighted by molar-refractivity contribution is 0.239. The molecule has 0 fully saturated rings. The molecule has 1 aliphatic heterocycles. The van der Waals surface area contributed by atoms with E-state index in [1.54, 1.807) is 18.3 Å². The van der Waals surface area contributed by atoms with Crippen LogP contribution in [0.4, 0.5) is 0 Å². The standard InChI is InChI=1S/C11H11ClN2O2/c12-14-8(7-15)5-9(16)6-11(14)10-3-1-2-4-13-10/h1-6,8,15-16H,7H2. The third-order valence-corrected chi connectivity index (χ3v) is 2.72. The molecule has 4 nitrogen and oxygen atoms in total. The molecule has 2 N–H and O–H groups in total. The maximum Gasteiger partial charge on any atom is 0.115 e. The SMILES string of the molecule is OCC1C=C(O)C=C(c2ccccn2)N1Cl. The van der Waals surface area contributed by atoms with E-state index in [-0.39, 0.29) is 12.4 Å². The molecule has 0 bridgehead atoms. The van der Waals surface area contributed by atoms with Gasteiger partial charge in [-0.25, -0.2) is 0 Å². The summed E-state index contributed by atoms with van der Waals surface area (Å²) in [4.78, 5) is 4.14. The van der Waals surface area contributed by atoms with E-state index >= 15 is 0 Å². The number of halogens is 1. The average Bonchev–Trinajstić information content (AvgIpc) is 2.33. The van der Waals surface area contributed by atoms with Gasteiger partial charge >= 0.3 is 0 Å². The van der Waals surface area contributed by atoms with Crippen molar-refractivity contribution < 1.29 is 10.2 Å². The van der Waals surface area contributed by atoms with Gasteiger partial charge in [0.05, 0.1) is 24.0 Å². The third-order valence-electron chi connectivity index (χ3n) is 2.28. The van der Waals surface area contributed by atoms with Crippen molar-refractivity contribution in [1.29, 1.82) is 0 Å². The molecule has 2 rings (SSSR count). The number of aliphatic hydroxyl groups is 2. The van der Waals surface area contributed by atoms with Gasteiger partial charge in [0, 0.05) is 24.0 Å². The zero-order valence-electron chi connectivity index (χ0n) is 8.42. The quantitative estimate of drug-likeness (QED) is 0.770. The molecule has 0 aliphatic carbocycles. The van der Waals surface area contributed by atoms with Crippen molar-refractivity contribution in [2.24, 2.45) is 0 Å². The highest BCUT2D eigenvalue weighted by Gasteiger charge is 2.23. The maximum absolute atomic E-state index is 9.52. The number of aliphatic hydroxyl groups excluding tert-OH is 2. The van der Waals surface area contributed by atoms with Crippen LogP contribution in [0.1, 0.15) is 5.69 Å². The first-order valence-electron chi connectivity index (χ1n) is 4.82. The molecule has 1 aromatic rings. The monoisotopic (exact) mass is 238 g/mol. The van der Waals surface area contributed by atoms with E-state index in [1.165, 1.54) is 16.6 Å². The van der Waals surface area contributed by atoms with Crippen molar-refractivity contribution in [2.75, 3.05) is 6.61 Å². The number of nitrogens with zero attached hydrogens (tertiary/aromatic N) is 2. The van der Waals surface area contributed by atoms with Crippen LogP contribution in [0.15, 0.2) is 42.3 Å². The Morgan fingerprint density at radius 3 is 2.88 bits per heavy atom. The van der Waals surface area contributed by atoms with Gasteiger partial charge < -0.3 is 10.2 Å². The molecule has 84 valence electrons. The first kappa shape index (κ1) is 11.0. The van der Waals surface area contributed by atoms with Gasteiger partial charge in [-0.05, 0) is 18.2 Å². The molecule has 16 heavy (non-hydrogen) atoms. The van der Waals surface area contributed by atoms with Crippen LogP contribution in [-0.4, -0.2) is 32.3 Å². The zero-order valence-corrected chi connectivity index (χ0v) is 9.17. The highest BCUT2D eigenvalue weighted by atomic mass is 35.5. The van der Waals surface area contributed by atoms with E-state index in [4.69, 9.17) is 16.9 Å². The lowest BCUT2D eigenvalue weighted by atomic mass is 10.1. The summed E-state index contributed by atoms with van der Waals surface area (Å²) in [5, 5.41) is 18.6. The van der Waals surface area contributed by atoms with Gasteiger partial charge in [-0.1, -0.05) is 6.07 Å². The molecule has 0 spiro atoms. The van der Waals surface area contributed by atoms with Crippen molar-refractivity contribution in [3.63, 3.8) is 0 Å². The summed E-state index contributed by atoms with van der Waals surface area (Å²) < 4.78 is 1.36. The van der Waals surface area contributed by atoms with Crippen LogP contribution in [0.2, 0.25) is 0 Å². The van der Waals surface area contributed by atoms with Crippen LogP contribution in [0.25, 0.3) is 5.70 Å². The zero-order chi connectivity index (χ0) is 11.5. The van der Waals surface area contributed by atoms with Crippen LogP contribution in [0, 0.1) is 0 Å². The Bertz CT molecular complexity index is 431. The van der Waals surface area contributed by atoms with Crippen LogP contribution in [0.5, 0.6) is 0 Å². The van der Waals surface area contributed by atoms with E-state index in [2.05, 4.69) is 4.98 Å². The van der Waals surface area contributed by atoms with Crippen molar-refractivity contribution in [3.05, 3.63) is 48.0 Å². The van der Waals surface area contributed by atoms with Crippen molar-refractivity contribution in [2.45, 2.75) is 6.04 Å². The minimum absolute atomic E-state index is 0.0802. The first-order chi connectivity index (χ1) is 7.72. The lowest BCUT2D eigenvalue weighted by Crippen LogP contribution is -2.30. The second kappa shape index (κ2) is 4.55. The summed E-state index contributed by atoms with van der Waals surface area (Å²) in [5.41, 5.74) is 1.22. The molecule has 0 saturated heterocycles. The number of hydrogen-bond donors (Lipinski definition) is 2. The minimum Gasteiger partial charge on any atom is -0.508 e. The van der Waals surface area contributed by atoms with Gasteiger partial charge in [0.15, 0.2) is 0 Å². The van der Waals surface area contributed by atoms with Crippen LogP contribution >= 0.6 is 11.8 Å². The second-order valence-corrected chi connectivity index (χ2v) is 3.76. The minimum atomic E-state index is -0.441. The molecule has 1 aromatic heterocycles. The van der Waals surface area contributed by atoms with Gasteiger partial charge in [0.25, 0.3) is 0 Å². The van der Waals surface area contributed by atoms with E-state index in [1.807, 2.05) is 6.07 Å². The van der Waals surface area contributed by atoms with Gasteiger partial charge in [0.2, 0.25) is 0 Å². The van der Waals surface area contributed by atoms with E-state index in [9.17, 15) is 5.11 Å². The molecule has 0 aromatic carbocycles. The summed E-state index contributed by atoms with van der Waals surface area (Å²) >= 11 is 6.06. The Morgan fingerprint density at radius 1 is 1.44 bits per heavy atom.